The minimum Gasteiger partial charge on any atom is -0.324 e. The zero-order chi connectivity index (χ0) is 9.97. The Bertz CT molecular complexity index is 291. The Morgan fingerprint density at radius 3 is 2.79 bits per heavy atom. The third-order valence-electron chi connectivity index (χ3n) is 3.08. The molecule has 1 aliphatic rings. The van der Waals surface area contributed by atoms with E-state index in [1.54, 1.807) is 11.3 Å². The van der Waals surface area contributed by atoms with Crippen molar-refractivity contribution in [1.82, 2.24) is 0 Å². The van der Waals surface area contributed by atoms with Gasteiger partial charge in [0.05, 0.1) is 4.34 Å². The van der Waals surface area contributed by atoms with Crippen LogP contribution >= 0.6 is 22.9 Å². The van der Waals surface area contributed by atoms with Crippen LogP contribution in [-0.2, 0) is 0 Å². The van der Waals surface area contributed by atoms with Crippen molar-refractivity contribution < 1.29 is 0 Å². The van der Waals surface area contributed by atoms with Crippen LogP contribution in [0.25, 0.3) is 0 Å². The first-order valence-corrected chi connectivity index (χ1v) is 6.51. The Balaban J connectivity index is 1.91. The lowest BCUT2D eigenvalue weighted by molar-refractivity contribution is 0.451. The van der Waals surface area contributed by atoms with Crippen LogP contribution < -0.4 is 5.73 Å². The molecule has 14 heavy (non-hydrogen) atoms. The van der Waals surface area contributed by atoms with Gasteiger partial charge in [0, 0.05) is 6.04 Å². The molecule has 1 atom stereocenters. The van der Waals surface area contributed by atoms with Crippen LogP contribution in [0.4, 0.5) is 0 Å². The summed E-state index contributed by atoms with van der Waals surface area (Å²) in [5.41, 5.74) is 7.35. The first-order valence-electron chi connectivity index (χ1n) is 5.25. The average molecular weight is 230 g/mol. The molecule has 0 amide bonds. The highest BCUT2D eigenvalue weighted by Crippen LogP contribution is 2.33. The van der Waals surface area contributed by atoms with E-state index >= 15 is 0 Å². The standard InChI is InChI=1S/C11H16ClNS/c12-11-6-9(7-14-11)10(13)5-8-3-1-2-4-8/h6-8,10H,1-5,13H2. The van der Waals surface area contributed by atoms with Gasteiger partial charge in [-0.05, 0) is 29.3 Å². The number of rotatable bonds is 3. The summed E-state index contributed by atoms with van der Waals surface area (Å²) < 4.78 is 0.849. The molecule has 1 unspecified atom stereocenters. The Kier molecular flexibility index (Phi) is 3.47. The lowest BCUT2D eigenvalue weighted by atomic mass is 9.96. The normalized spacial score (nSPS) is 20.1. The zero-order valence-electron chi connectivity index (χ0n) is 8.21. The minimum atomic E-state index is 0.196. The summed E-state index contributed by atoms with van der Waals surface area (Å²) in [7, 11) is 0. The fourth-order valence-corrected chi connectivity index (χ4v) is 3.21. The summed E-state index contributed by atoms with van der Waals surface area (Å²) in [6.07, 6.45) is 6.65. The number of nitrogens with two attached hydrogens (primary N) is 1. The molecule has 2 rings (SSSR count). The molecule has 1 saturated carbocycles. The van der Waals surface area contributed by atoms with Crippen LogP contribution in [0.3, 0.4) is 0 Å². The molecule has 0 aromatic carbocycles. The molecule has 1 aromatic rings. The Morgan fingerprint density at radius 1 is 1.50 bits per heavy atom. The smallest absolute Gasteiger partial charge is 0.0931 e. The van der Waals surface area contributed by atoms with Crippen LogP contribution in [-0.4, -0.2) is 0 Å². The van der Waals surface area contributed by atoms with Crippen molar-refractivity contribution in [2.75, 3.05) is 0 Å². The van der Waals surface area contributed by atoms with E-state index in [0.717, 1.165) is 16.7 Å². The highest BCUT2D eigenvalue weighted by Gasteiger charge is 2.19. The predicted molar refractivity (Wildman–Crippen MR) is 62.8 cm³/mol. The van der Waals surface area contributed by atoms with Crippen molar-refractivity contribution in [3.05, 3.63) is 21.3 Å². The van der Waals surface area contributed by atoms with Gasteiger partial charge in [0.25, 0.3) is 0 Å². The van der Waals surface area contributed by atoms with E-state index in [9.17, 15) is 0 Å². The maximum Gasteiger partial charge on any atom is 0.0931 e. The molecule has 2 N–H and O–H groups in total. The van der Waals surface area contributed by atoms with Gasteiger partial charge in [0.2, 0.25) is 0 Å². The Labute approximate surface area is 94.3 Å². The van der Waals surface area contributed by atoms with E-state index in [1.165, 1.54) is 31.2 Å². The molecular weight excluding hydrogens is 214 g/mol. The fraction of sp³-hybridized carbons (Fsp3) is 0.636. The maximum absolute atomic E-state index is 6.14. The van der Waals surface area contributed by atoms with Crippen molar-refractivity contribution in [2.24, 2.45) is 11.7 Å². The van der Waals surface area contributed by atoms with E-state index < -0.39 is 0 Å². The van der Waals surface area contributed by atoms with Gasteiger partial charge in [0.15, 0.2) is 0 Å². The van der Waals surface area contributed by atoms with Gasteiger partial charge < -0.3 is 5.73 Å². The molecule has 0 bridgehead atoms. The Morgan fingerprint density at radius 2 is 2.21 bits per heavy atom. The summed E-state index contributed by atoms with van der Waals surface area (Å²) >= 11 is 7.46. The highest BCUT2D eigenvalue weighted by atomic mass is 35.5. The molecule has 1 aromatic heterocycles. The first-order chi connectivity index (χ1) is 6.75. The molecule has 3 heteroatoms. The van der Waals surface area contributed by atoms with Gasteiger partial charge in [-0.2, -0.15) is 0 Å². The lowest BCUT2D eigenvalue weighted by Crippen LogP contribution is -2.13. The van der Waals surface area contributed by atoms with Gasteiger partial charge in [-0.25, -0.2) is 0 Å². The second-order valence-electron chi connectivity index (χ2n) is 4.18. The van der Waals surface area contributed by atoms with Gasteiger partial charge in [-0.1, -0.05) is 37.3 Å². The second-order valence-corrected chi connectivity index (χ2v) is 5.72. The summed E-state index contributed by atoms with van der Waals surface area (Å²) in [6, 6.07) is 2.20. The summed E-state index contributed by atoms with van der Waals surface area (Å²) in [5, 5.41) is 2.09. The number of hydrogen-bond donors (Lipinski definition) is 1. The largest absolute Gasteiger partial charge is 0.324 e. The molecule has 0 radical (unpaired) electrons. The van der Waals surface area contributed by atoms with Gasteiger partial charge in [-0.3, -0.25) is 0 Å². The summed E-state index contributed by atoms with van der Waals surface area (Å²) in [5.74, 6) is 0.851. The number of halogens is 1. The highest BCUT2D eigenvalue weighted by molar-refractivity contribution is 7.14. The van der Waals surface area contributed by atoms with Crippen molar-refractivity contribution >= 4 is 22.9 Å². The quantitative estimate of drug-likeness (QED) is 0.834. The summed E-state index contributed by atoms with van der Waals surface area (Å²) in [4.78, 5) is 0. The van der Waals surface area contributed by atoms with E-state index in [-0.39, 0.29) is 6.04 Å². The van der Waals surface area contributed by atoms with Crippen LogP contribution in [0, 0.1) is 5.92 Å². The van der Waals surface area contributed by atoms with Crippen molar-refractivity contribution in [1.29, 1.82) is 0 Å². The van der Waals surface area contributed by atoms with E-state index in [0.29, 0.717) is 0 Å². The van der Waals surface area contributed by atoms with Crippen molar-refractivity contribution in [3.8, 4) is 0 Å². The Hall–Kier alpha value is -0.0500. The van der Waals surface area contributed by atoms with Crippen LogP contribution in [0.1, 0.15) is 43.7 Å². The van der Waals surface area contributed by atoms with Crippen molar-refractivity contribution in [2.45, 2.75) is 38.1 Å². The SMILES string of the molecule is NC(CC1CCCC1)c1csc(Cl)c1. The molecule has 0 spiro atoms. The van der Waals surface area contributed by atoms with E-state index in [1.807, 2.05) is 6.07 Å². The van der Waals surface area contributed by atoms with Crippen molar-refractivity contribution in [3.63, 3.8) is 0 Å². The predicted octanol–water partition coefficient (Wildman–Crippen LogP) is 3.98. The minimum absolute atomic E-state index is 0.196. The molecule has 1 nitrogen and oxygen atoms in total. The molecule has 0 saturated heterocycles. The van der Waals surface area contributed by atoms with Crippen LogP contribution in [0.5, 0.6) is 0 Å². The number of hydrogen-bond acceptors (Lipinski definition) is 2. The first kappa shape index (κ1) is 10.5. The molecular formula is C11H16ClNS. The fourth-order valence-electron chi connectivity index (χ4n) is 2.26. The van der Waals surface area contributed by atoms with Crippen LogP contribution in [0.2, 0.25) is 4.34 Å². The van der Waals surface area contributed by atoms with Gasteiger partial charge in [-0.15, -0.1) is 11.3 Å². The maximum atomic E-state index is 6.14. The molecule has 78 valence electrons. The van der Waals surface area contributed by atoms with Gasteiger partial charge >= 0.3 is 0 Å². The topological polar surface area (TPSA) is 26.0 Å². The van der Waals surface area contributed by atoms with E-state index in [4.69, 9.17) is 17.3 Å². The van der Waals surface area contributed by atoms with Gasteiger partial charge in [0.1, 0.15) is 0 Å². The van der Waals surface area contributed by atoms with Crippen LogP contribution in [0.15, 0.2) is 11.4 Å². The zero-order valence-corrected chi connectivity index (χ0v) is 9.78. The monoisotopic (exact) mass is 229 g/mol. The van der Waals surface area contributed by atoms with E-state index in [2.05, 4.69) is 5.38 Å². The molecule has 1 fully saturated rings. The molecule has 1 aliphatic carbocycles. The third-order valence-corrected chi connectivity index (χ3v) is 4.19. The third kappa shape index (κ3) is 2.50. The molecule has 1 heterocycles. The lowest BCUT2D eigenvalue weighted by Gasteiger charge is -2.14. The number of thiophene rings is 1. The second kappa shape index (κ2) is 4.65. The average Bonchev–Trinajstić information content (AvgIpc) is 2.75. The summed E-state index contributed by atoms with van der Waals surface area (Å²) in [6.45, 7) is 0. The molecule has 0 aliphatic heterocycles.